The van der Waals surface area contributed by atoms with E-state index in [2.05, 4.69) is 15.9 Å². The largest absolute Gasteiger partial charge is 0.469 e. The van der Waals surface area contributed by atoms with Gasteiger partial charge >= 0.3 is 5.97 Å². The molecule has 2 atom stereocenters. The average molecular weight is 327 g/mol. The predicted octanol–water partition coefficient (Wildman–Crippen LogP) is 4.01. The number of methoxy groups -OCH3 is 1. The molecule has 19 heavy (non-hydrogen) atoms. The molecule has 1 aliphatic rings. The zero-order chi connectivity index (χ0) is 14.2. The number of ether oxygens (including phenoxy) is 1. The summed E-state index contributed by atoms with van der Waals surface area (Å²) in [4.78, 5) is 11.6. The smallest absolute Gasteiger partial charge is 0.309 e. The van der Waals surface area contributed by atoms with Crippen molar-refractivity contribution in [1.29, 1.82) is 0 Å². The number of halogens is 2. The molecule has 102 valence electrons. The normalized spacial score (nSPS) is 25.0. The molecular weight excluding hydrogens is 311 g/mol. The van der Waals surface area contributed by atoms with Gasteiger partial charge in [-0.3, -0.25) is 4.79 Å². The van der Waals surface area contributed by atoms with E-state index in [0.29, 0.717) is 0 Å². The van der Waals surface area contributed by atoms with Crippen LogP contribution in [0.25, 0.3) is 4.48 Å². The van der Waals surface area contributed by atoms with Gasteiger partial charge in [0.25, 0.3) is 0 Å². The van der Waals surface area contributed by atoms with Crippen molar-refractivity contribution in [3.05, 3.63) is 41.7 Å². The molecule has 0 spiro atoms. The van der Waals surface area contributed by atoms with Crippen molar-refractivity contribution in [3.63, 3.8) is 0 Å². The first-order valence-corrected chi connectivity index (χ1v) is 6.88. The molecule has 0 radical (unpaired) electrons. The van der Waals surface area contributed by atoms with Crippen LogP contribution in [0.15, 0.2) is 30.3 Å². The van der Waals surface area contributed by atoms with Gasteiger partial charge in [-0.1, -0.05) is 48.0 Å². The summed E-state index contributed by atoms with van der Waals surface area (Å²) in [6.07, 6.45) is 2.01. The molecule has 1 aliphatic carbocycles. The van der Waals surface area contributed by atoms with Gasteiger partial charge in [-0.05, 0) is 29.0 Å². The van der Waals surface area contributed by atoms with E-state index in [1.54, 1.807) is 12.1 Å². The molecule has 0 unspecified atom stereocenters. The summed E-state index contributed by atoms with van der Waals surface area (Å²) in [7, 11) is 1.41. The average Bonchev–Trinajstić information content (AvgIpc) is 2.90. The molecule has 0 bridgehead atoms. The highest BCUT2D eigenvalue weighted by atomic mass is 79.9. The fraction of sp³-hybridized carbons (Fsp3) is 0.400. The van der Waals surface area contributed by atoms with Crippen LogP contribution in [0, 0.1) is 23.1 Å². The fourth-order valence-electron chi connectivity index (χ4n) is 2.43. The summed E-state index contributed by atoms with van der Waals surface area (Å²) in [5, 5.41) is 0. The van der Waals surface area contributed by atoms with E-state index in [0.717, 1.165) is 10.0 Å². The Morgan fingerprint density at radius 2 is 1.95 bits per heavy atom. The number of carbonyl (C=O) groups is 1. The fourth-order valence-corrected chi connectivity index (χ4v) is 2.98. The Hall–Kier alpha value is -1.16. The summed E-state index contributed by atoms with van der Waals surface area (Å²) >= 11 is 3.49. The number of rotatable bonds is 3. The van der Waals surface area contributed by atoms with Gasteiger partial charge in [-0.2, -0.15) is 0 Å². The lowest BCUT2D eigenvalue weighted by atomic mass is 10.1. The van der Waals surface area contributed by atoms with Crippen LogP contribution in [0.3, 0.4) is 0 Å². The predicted molar refractivity (Wildman–Crippen MR) is 76.1 cm³/mol. The second-order valence-corrected chi connectivity index (χ2v) is 6.22. The molecule has 1 aromatic rings. The summed E-state index contributed by atoms with van der Waals surface area (Å²) in [5.74, 6) is -0.404. The van der Waals surface area contributed by atoms with Gasteiger partial charge in [0.15, 0.2) is 0 Å². The summed E-state index contributed by atoms with van der Waals surface area (Å²) in [6.45, 7) is 4.08. The molecular formula is C15H16BrFO2. The van der Waals surface area contributed by atoms with Crippen LogP contribution >= 0.6 is 15.9 Å². The van der Waals surface area contributed by atoms with Crippen molar-refractivity contribution in [1.82, 2.24) is 0 Å². The van der Waals surface area contributed by atoms with Crippen molar-refractivity contribution in [2.75, 3.05) is 7.11 Å². The van der Waals surface area contributed by atoms with Gasteiger partial charge < -0.3 is 4.74 Å². The van der Waals surface area contributed by atoms with E-state index >= 15 is 0 Å². The number of benzene rings is 1. The molecule has 4 heteroatoms. The van der Waals surface area contributed by atoms with Gasteiger partial charge in [-0.15, -0.1) is 0 Å². The third-order valence-electron chi connectivity index (χ3n) is 3.81. The standard InChI is InChI=1S/C15H16BrFO2/c1-15(2)11(13(15)14(18)19-3)8-12(16)9-4-6-10(17)7-5-9/h4-8,11,13H,1-3H3/t11-,13-/m1/s1. The minimum atomic E-state index is -0.261. The van der Waals surface area contributed by atoms with E-state index in [1.807, 2.05) is 19.9 Å². The van der Waals surface area contributed by atoms with Crippen LogP contribution in [-0.4, -0.2) is 13.1 Å². The second kappa shape index (κ2) is 5.08. The number of esters is 1. The Morgan fingerprint density at radius 3 is 2.47 bits per heavy atom. The van der Waals surface area contributed by atoms with Gasteiger partial charge in [0, 0.05) is 4.48 Å². The summed E-state index contributed by atoms with van der Waals surface area (Å²) < 4.78 is 18.5. The van der Waals surface area contributed by atoms with Gasteiger partial charge in [0.2, 0.25) is 0 Å². The Bertz CT molecular complexity index is 519. The molecule has 0 aliphatic heterocycles. The molecule has 0 heterocycles. The minimum Gasteiger partial charge on any atom is -0.469 e. The van der Waals surface area contributed by atoms with Crippen LogP contribution < -0.4 is 0 Å². The van der Waals surface area contributed by atoms with Crippen LogP contribution in [0.2, 0.25) is 0 Å². The van der Waals surface area contributed by atoms with Crippen molar-refractivity contribution in [2.45, 2.75) is 13.8 Å². The highest BCUT2D eigenvalue weighted by Crippen LogP contribution is 2.60. The zero-order valence-corrected chi connectivity index (χ0v) is 12.7. The lowest BCUT2D eigenvalue weighted by molar-refractivity contribution is -0.143. The third-order valence-corrected chi connectivity index (χ3v) is 4.53. The first kappa shape index (κ1) is 14.3. The minimum absolute atomic E-state index is 0.0911. The van der Waals surface area contributed by atoms with E-state index < -0.39 is 0 Å². The van der Waals surface area contributed by atoms with Crippen LogP contribution in [-0.2, 0) is 9.53 Å². The highest BCUT2D eigenvalue weighted by molar-refractivity contribution is 9.15. The number of hydrogen-bond acceptors (Lipinski definition) is 2. The zero-order valence-electron chi connectivity index (χ0n) is 11.1. The summed E-state index contributed by atoms with van der Waals surface area (Å²) in [5.41, 5.74) is 0.805. The van der Waals surface area contributed by atoms with Gasteiger partial charge in [-0.25, -0.2) is 4.39 Å². The Labute approximate surface area is 120 Å². The maximum absolute atomic E-state index is 12.9. The quantitative estimate of drug-likeness (QED) is 0.784. The summed E-state index contributed by atoms with van der Waals surface area (Å²) in [6, 6.07) is 6.25. The van der Waals surface area contributed by atoms with E-state index in [-0.39, 0.29) is 29.0 Å². The van der Waals surface area contributed by atoms with Crippen LogP contribution in [0.5, 0.6) is 0 Å². The van der Waals surface area contributed by atoms with E-state index in [4.69, 9.17) is 4.74 Å². The molecule has 1 aromatic carbocycles. The second-order valence-electron chi connectivity index (χ2n) is 5.37. The van der Waals surface area contributed by atoms with E-state index in [9.17, 15) is 9.18 Å². The maximum atomic E-state index is 12.9. The van der Waals surface area contributed by atoms with Crippen molar-refractivity contribution in [2.24, 2.45) is 17.3 Å². The SMILES string of the molecule is COC(=O)[C@H]1[C@@H](C=C(Br)c2ccc(F)cc2)C1(C)C. The number of carbonyl (C=O) groups excluding carboxylic acids is 1. The molecule has 0 N–H and O–H groups in total. The highest BCUT2D eigenvalue weighted by Gasteiger charge is 2.61. The first-order valence-electron chi connectivity index (χ1n) is 6.09. The molecule has 1 saturated carbocycles. The Balaban J connectivity index is 2.18. The molecule has 0 aromatic heterocycles. The molecule has 2 nitrogen and oxygen atoms in total. The lowest BCUT2D eigenvalue weighted by Gasteiger charge is -2.01. The van der Waals surface area contributed by atoms with Crippen LogP contribution in [0.1, 0.15) is 19.4 Å². The molecule has 0 saturated heterocycles. The first-order chi connectivity index (χ1) is 8.87. The van der Waals surface area contributed by atoms with Crippen molar-refractivity contribution in [3.8, 4) is 0 Å². The molecule has 2 rings (SSSR count). The molecule has 1 fully saturated rings. The number of hydrogen-bond donors (Lipinski definition) is 0. The van der Waals surface area contributed by atoms with Crippen molar-refractivity contribution >= 4 is 26.4 Å². The monoisotopic (exact) mass is 326 g/mol. The Kier molecular flexibility index (Phi) is 3.81. The van der Waals surface area contributed by atoms with E-state index in [1.165, 1.54) is 19.2 Å². The molecule has 0 amide bonds. The van der Waals surface area contributed by atoms with Gasteiger partial charge in [0.05, 0.1) is 13.0 Å². The number of allylic oxidation sites excluding steroid dienone is 1. The maximum Gasteiger partial charge on any atom is 0.309 e. The Morgan fingerprint density at radius 1 is 1.37 bits per heavy atom. The third kappa shape index (κ3) is 2.73. The van der Waals surface area contributed by atoms with Gasteiger partial charge in [0.1, 0.15) is 5.82 Å². The van der Waals surface area contributed by atoms with Crippen molar-refractivity contribution < 1.29 is 13.9 Å². The lowest BCUT2D eigenvalue weighted by Crippen LogP contribution is -2.07. The van der Waals surface area contributed by atoms with Crippen LogP contribution in [0.4, 0.5) is 4.39 Å². The topological polar surface area (TPSA) is 26.3 Å².